The average Bonchev–Trinajstić information content (AvgIpc) is 3.13. The third-order valence-electron chi connectivity index (χ3n) is 4.31. The highest BCUT2D eigenvalue weighted by atomic mass is 16.1. The van der Waals surface area contributed by atoms with Gasteiger partial charge in [-0.3, -0.25) is 4.79 Å². The zero-order valence-corrected chi connectivity index (χ0v) is 11.1. The SMILES string of the molecule is O=Cc1ccc2[nH]c3c(C4CCCC4)ncnc3c2c1. The van der Waals surface area contributed by atoms with E-state index in [0.29, 0.717) is 11.5 Å². The summed E-state index contributed by atoms with van der Waals surface area (Å²) in [4.78, 5) is 23.3. The molecule has 4 nitrogen and oxygen atoms in total. The quantitative estimate of drug-likeness (QED) is 0.720. The lowest BCUT2D eigenvalue weighted by Gasteiger charge is -2.08. The van der Waals surface area contributed by atoms with Gasteiger partial charge < -0.3 is 4.98 Å². The highest BCUT2D eigenvalue weighted by Crippen LogP contribution is 2.37. The van der Waals surface area contributed by atoms with Gasteiger partial charge in [-0.15, -0.1) is 0 Å². The van der Waals surface area contributed by atoms with Crippen LogP contribution in [0.4, 0.5) is 0 Å². The largest absolute Gasteiger partial charge is 0.352 e. The lowest BCUT2D eigenvalue weighted by molar-refractivity contribution is 0.112. The van der Waals surface area contributed by atoms with E-state index >= 15 is 0 Å². The minimum atomic E-state index is 0.541. The Morgan fingerprint density at radius 2 is 2.05 bits per heavy atom. The van der Waals surface area contributed by atoms with E-state index in [0.717, 1.165) is 33.9 Å². The number of benzene rings is 1. The van der Waals surface area contributed by atoms with Crippen molar-refractivity contribution in [2.24, 2.45) is 0 Å². The molecule has 1 fully saturated rings. The first-order valence-corrected chi connectivity index (χ1v) is 7.08. The average molecular weight is 265 g/mol. The molecule has 1 aliphatic carbocycles. The third-order valence-corrected chi connectivity index (χ3v) is 4.31. The van der Waals surface area contributed by atoms with Gasteiger partial charge in [0.05, 0.1) is 16.7 Å². The number of hydrogen-bond acceptors (Lipinski definition) is 3. The maximum atomic E-state index is 10.9. The van der Waals surface area contributed by atoms with Crippen molar-refractivity contribution in [1.82, 2.24) is 15.0 Å². The molecule has 4 rings (SSSR count). The highest BCUT2D eigenvalue weighted by Gasteiger charge is 2.22. The smallest absolute Gasteiger partial charge is 0.150 e. The van der Waals surface area contributed by atoms with Crippen LogP contribution in [0.5, 0.6) is 0 Å². The van der Waals surface area contributed by atoms with Gasteiger partial charge in [0.1, 0.15) is 12.6 Å². The van der Waals surface area contributed by atoms with Gasteiger partial charge in [0.25, 0.3) is 0 Å². The molecule has 1 N–H and O–H groups in total. The number of hydrogen-bond donors (Lipinski definition) is 1. The van der Waals surface area contributed by atoms with E-state index in [9.17, 15) is 4.79 Å². The summed E-state index contributed by atoms with van der Waals surface area (Å²) in [6.45, 7) is 0. The van der Waals surface area contributed by atoms with Crippen LogP contribution in [0.15, 0.2) is 24.5 Å². The van der Waals surface area contributed by atoms with Gasteiger partial charge >= 0.3 is 0 Å². The molecule has 1 saturated carbocycles. The summed E-state index contributed by atoms with van der Waals surface area (Å²) >= 11 is 0. The lowest BCUT2D eigenvalue weighted by atomic mass is 10.0. The minimum Gasteiger partial charge on any atom is -0.352 e. The van der Waals surface area contributed by atoms with E-state index in [1.165, 1.54) is 25.7 Å². The molecule has 4 heteroatoms. The summed E-state index contributed by atoms with van der Waals surface area (Å²) in [5.74, 6) is 0.541. The summed E-state index contributed by atoms with van der Waals surface area (Å²) in [7, 11) is 0. The van der Waals surface area contributed by atoms with Gasteiger partial charge in [-0.05, 0) is 31.0 Å². The third kappa shape index (κ3) is 1.64. The molecule has 2 aromatic heterocycles. The fourth-order valence-corrected chi connectivity index (χ4v) is 3.31. The first-order valence-electron chi connectivity index (χ1n) is 7.08. The number of fused-ring (bicyclic) bond motifs is 3. The molecule has 0 amide bonds. The molecule has 3 aromatic rings. The van der Waals surface area contributed by atoms with Gasteiger partial charge in [0, 0.05) is 22.4 Å². The zero-order chi connectivity index (χ0) is 13.5. The van der Waals surface area contributed by atoms with E-state index in [1.54, 1.807) is 6.33 Å². The number of nitrogens with one attached hydrogen (secondary N) is 1. The molecule has 0 spiro atoms. The van der Waals surface area contributed by atoms with Crippen molar-refractivity contribution >= 4 is 28.2 Å². The van der Waals surface area contributed by atoms with Crippen molar-refractivity contribution in [3.63, 3.8) is 0 Å². The Kier molecular flexibility index (Phi) is 2.55. The summed E-state index contributed by atoms with van der Waals surface area (Å²) in [5, 5.41) is 1.01. The normalized spacial score (nSPS) is 16.2. The van der Waals surface area contributed by atoms with E-state index in [4.69, 9.17) is 0 Å². The van der Waals surface area contributed by atoms with Crippen molar-refractivity contribution in [2.75, 3.05) is 0 Å². The second-order valence-corrected chi connectivity index (χ2v) is 5.51. The molecule has 100 valence electrons. The Balaban J connectivity index is 2.00. The van der Waals surface area contributed by atoms with E-state index in [1.807, 2.05) is 18.2 Å². The van der Waals surface area contributed by atoms with Crippen LogP contribution in [0.2, 0.25) is 0 Å². The Labute approximate surface area is 116 Å². The topological polar surface area (TPSA) is 58.6 Å². The number of rotatable bonds is 2. The fourth-order valence-electron chi connectivity index (χ4n) is 3.31. The maximum absolute atomic E-state index is 10.9. The van der Waals surface area contributed by atoms with Crippen molar-refractivity contribution in [2.45, 2.75) is 31.6 Å². The summed E-state index contributed by atoms with van der Waals surface area (Å²) < 4.78 is 0. The van der Waals surface area contributed by atoms with Gasteiger partial charge in [-0.1, -0.05) is 12.8 Å². The molecule has 0 aliphatic heterocycles. The van der Waals surface area contributed by atoms with Gasteiger partial charge in [0.2, 0.25) is 0 Å². The van der Waals surface area contributed by atoms with Crippen molar-refractivity contribution < 1.29 is 4.79 Å². The van der Waals surface area contributed by atoms with Crippen LogP contribution in [-0.4, -0.2) is 21.2 Å². The summed E-state index contributed by atoms with van der Waals surface area (Å²) in [5.41, 5.74) is 4.80. The molecule has 0 atom stereocenters. The molecule has 0 saturated heterocycles. The van der Waals surface area contributed by atoms with Gasteiger partial charge in [-0.2, -0.15) is 0 Å². The van der Waals surface area contributed by atoms with Crippen LogP contribution < -0.4 is 0 Å². The number of nitrogens with zero attached hydrogens (tertiary/aromatic N) is 2. The standard InChI is InChI=1S/C16H15N3O/c20-8-10-5-6-13-12(7-10)15-16(19-13)14(17-9-18-15)11-3-1-2-4-11/h5-9,11,19H,1-4H2. The van der Waals surface area contributed by atoms with E-state index in [2.05, 4.69) is 15.0 Å². The number of carbonyl (C=O) groups is 1. The van der Waals surface area contributed by atoms with Gasteiger partial charge in [-0.25, -0.2) is 9.97 Å². The highest BCUT2D eigenvalue weighted by molar-refractivity contribution is 6.07. The monoisotopic (exact) mass is 265 g/mol. The minimum absolute atomic E-state index is 0.541. The zero-order valence-electron chi connectivity index (χ0n) is 11.1. The molecular formula is C16H15N3O. The van der Waals surface area contributed by atoms with Crippen LogP contribution in [0.25, 0.3) is 21.9 Å². The molecule has 1 aliphatic rings. The second-order valence-electron chi connectivity index (χ2n) is 5.51. The number of H-pyrrole nitrogens is 1. The van der Waals surface area contributed by atoms with Crippen LogP contribution in [-0.2, 0) is 0 Å². The Morgan fingerprint density at radius 1 is 1.20 bits per heavy atom. The van der Waals surface area contributed by atoms with Crippen LogP contribution in [0.3, 0.4) is 0 Å². The summed E-state index contributed by atoms with van der Waals surface area (Å²) in [6, 6.07) is 5.67. The predicted octanol–water partition coefficient (Wildman–Crippen LogP) is 3.58. The van der Waals surface area contributed by atoms with Crippen LogP contribution in [0, 0.1) is 0 Å². The lowest BCUT2D eigenvalue weighted by Crippen LogP contribution is -1.98. The van der Waals surface area contributed by atoms with E-state index in [-0.39, 0.29) is 0 Å². The Hall–Kier alpha value is -2.23. The second kappa shape index (κ2) is 4.40. The van der Waals surface area contributed by atoms with Crippen LogP contribution >= 0.6 is 0 Å². The number of aromatic nitrogens is 3. The molecule has 0 radical (unpaired) electrons. The predicted molar refractivity (Wildman–Crippen MR) is 78.0 cm³/mol. The molecule has 20 heavy (non-hydrogen) atoms. The molecule has 2 heterocycles. The first-order chi connectivity index (χ1) is 9.86. The summed E-state index contributed by atoms with van der Waals surface area (Å²) in [6.07, 6.45) is 7.51. The number of aldehydes is 1. The molecular weight excluding hydrogens is 250 g/mol. The van der Waals surface area contributed by atoms with Crippen LogP contribution in [0.1, 0.15) is 47.7 Å². The molecule has 0 unspecified atom stereocenters. The fraction of sp³-hybridized carbons (Fsp3) is 0.312. The van der Waals surface area contributed by atoms with Crippen molar-refractivity contribution in [3.05, 3.63) is 35.8 Å². The molecule has 1 aromatic carbocycles. The van der Waals surface area contributed by atoms with Crippen molar-refractivity contribution in [3.8, 4) is 0 Å². The van der Waals surface area contributed by atoms with E-state index < -0.39 is 0 Å². The number of aromatic amines is 1. The molecule has 0 bridgehead atoms. The number of carbonyl (C=O) groups excluding carboxylic acids is 1. The van der Waals surface area contributed by atoms with Gasteiger partial charge in [0.15, 0.2) is 0 Å². The first kappa shape index (κ1) is 11.6. The Morgan fingerprint density at radius 3 is 2.85 bits per heavy atom. The Bertz CT molecular complexity index is 800. The maximum Gasteiger partial charge on any atom is 0.150 e. The van der Waals surface area contributed by atoms with Crippen molar-refractivity contribution in [1.29, 1.82) is 0 Å².